The molecule has 0 saturated carbocycles. The van der Waals surface area contributed by atoms with Gasteiger partial charge in [-0.05, 0) is 33.4 Å². The molecule has 0 saturated heterocycles. The van der Waals surface area contributed by atoms with Gasteiger partial charge in [-0.15, -0.1) is 0 Å². The summed E-state index contributed by atoms with van der Waals surface area (Å²) in [6.45, 7) is 10.2. The number of hydrogen-bond donors (Lipinski definition) is 2. The van der Waals surface area contributed by atoms with E-state index in [-0.39, 0.29) is 11.5 Å². The molecule has 0 heterocycles. The molecule has 0 radical (unpaired) electrons. The molecule has 0 bridgehead atoms. The summed E-state index contributed by atoms with van der Waals surface area (Å²) in [5.41, 5.74) is 0.221. The summed E-state index contributed by atoms with van der Waals surface area (Å²) < 4.78 is 0. The monoisotopic (exact) mass is 202 g/mol. The Morgan fingerprint density at radius 1 is 1.36 bits per heavy atom. The van der Waals surface area contributed by atoms with Gasteiger partial charge in [0, 0.05) is 19.1 Å². The van der Waals surface area contributed by atoms with Gasteiger partial charge in [0.25, 0.3) is 0 Å². The fraction of sp³-hybridized carbons (Fsp3) is 1.00. The molecule has 0 aliphatic rings. The van der Waals surface area contributed by atoms with E-state index >= 15 is 0 Å². The van der Waals surface area contributed by atoms with Crippen molar-refractivity contribution >= 4 is 0 Å². The molecule has 0 aliphatic carbocycles. The van der Waals surface area contributed by atoms with Gasteiger partial charge in [0.2, 0.25) is 0 Å². The van der Waals surface area contributed by atoms with Gasteiger partial charge in [0.15, 0.2) is 0 Å². The van der Waals surface area contributed by atoms with Crippen molar-refractivity contribution < 1.29 is 5.11 Å². The largest absolute Gasteiger partial charge is 0.392 e. The van der Waals surface area contributed by atoms with Gasteiger partial charge in [0.1, 0.15) is 0 Å². The highest BCUT2D eigenvalue weighted by Crippen LogP contribution is 2.21. The Bertz CT molecular complexity index is 157. The number of aliphatic hydroxyl groups excluding tert-OH is 1. The van der Waals surface area contributed by atoms with Crippen molar-refractivity contribution in [2.75, 3.05) is 27.2 Å². The minimum atomic E-state index is -0.249. The molecule has 3 heteroatoms. The summed E-state index contributed by atoms with van der Waals surface area (Å²) in [6.07, 6.45) is -0.249. The van der Waals surface area contributed by atoms with Gasteiger partial charge >= 0.3 is 0 Å². The number of nitrogens with one attached hydrogen (secondary N) is 1. The standard InChI is InChI=1S/C11H26N2O/c1-9(14)7-13(6)8-11(3,4)10(2)12-5/h9-10,12,14H,7-8H2,1-6H3. The van der Waals surface area contributed by atoms with E-state index < -0.39 is 0 Å². The molecule has 0 fully saturated rings. The van der Waals surface area contributed by atoms with Crippen LogP contribution in [0.3, 0.4) is 0 Å². The second-order valence-electron chi connectivity index (χ2n) is 5.04. The fourth-order valence-corrected chi connectivity index (χ4v) is 1.74. The van der Waals surface area contributed by atoms with Gasteiger partial charge in [-0.2, -0.15) is 0 Å². The van der Waals surface area contributed by atoms with Crippen LogP contribution in [-0.4, -0.2) is 49.3 Å². The van der Waals surface area contributed by atoms with Gasteiger partial charge in [-0.25, -0.2) is 0 Å². The zero-order valence-electron chi connectivity index (χ0n) is 10.5. The average Bonchev–Trinajstić information content (AvgIpc) is 1.99. The quantitative estimate of drug-likeness (QED) is 0.673. The third-order valence-electron chi connectivity index (χ3n) is 2.86. The number of likely N-dealkylation sites (N-methyl/N-ethyl adjacent to an activating group) is 1. The summed E-state index contributed by atoms with van der Waals surface area (Å²) in [7, 11) is 4.04. The van der Waals surface area contributed by atoms with E-state index in [0.29, 0.717) is 6.04 Å². The van der Waals surface area contributed by atoms with Crippen LogP contribution in [0, 0.1) is 5.41 Å². The Kier molecular flexibility index (Phi) is 5.64. The first-order valence-corrected chi connectivity index (χ1v) is 5.33. The van der Waals surface area contributed by atoms with Gasteiger partial charge in [-0.3, -0.25) is 0 Å². The highest BCUT2D eigenvalue weighted by molar-refractivity contribution is 4.82. The number of aliphatic hydroxyl groups is 1. The summed E-state index contributed by atoms with van der Waals surface area (Å²) in [5.74, 6) is 0. The lowest BCUT2D eigenvalue weighted by Gasteiger charge is -2.35. The molecular weight excluding hydrogens is 176 g/mol. The lowest BCUT2D eigenvalue weighted by molar-refractivity contribution is 0.105. The second kappa shape index (κ2) is 5.69. The van der Waals surface area contributed by atoms with Gasteiger partial charge < -0.3 is 15.3 Å². The molecule has 2 unspecified atom stereocenters. The average molecular weight is 202 g/mol. The van der Waals surface area contributed by atoms with Crippen LogP contribution < -0.4 is 5.32 Å². The van der Waals surface area contributed by atoms with Crippen LogP contribution >= 0.6 is 0 Å². The van der Waals surface area contributed by atoms with Crippen LogP contribution in [0.4, 0.5) is 0 Å². The third kappa shape index (κ3) is 4.94. The van der Waals surface area contributed by atoms with E-state index in [1.165, 1.54) is 0 Å². The topological polar surface area (TPSA) is 35.5 Å². The molecule has 2 N–H and O–H groups in total. The molecule has 86 valence electrons. The lowest BCUT2D eigenvalue weighted by Crippen LogP contribution is -2.45. The van der Waals surface area contributed by atoms with Crippen molar-refractivity contribution in [1.82, 2.24) is 10.2 Å². The van der Waals surface area contributed by atoms with Crippen LogP contribution in [0.25, 0.3) is 0 Å². The van der Waals surface area contributed by atoms with E-state index in [0.717, 1.165) is 13.1 Å². The first-order chi connectivity index (χ1) is 6.29. The Morgan fingerprint density at radius 3 is 2.21 bits per heavy atom. The predicted octanol–water partition coefficient (Wildman–Crippen LogP) is 0.933. The second-order valence-corrected chi connectivity index (χ2v) is 5.04. The van der Waals surface area contributed by atoms with E-state index in [1.807, 2.05) is 14.0 Å². The minimum Gasteiger partial charge on any atom is -0.392 e. The normalized spacial score (nSPS) is 17.1. The first kappa shape index (κ1) is 13.9. The van der Waals surface area contributed by atoms with Crippen molar-refractivity contribution in [2.45, 2.75) is 39.8 Å². The van der Waals surface area contributed by atoms with Crippen LogP contribution in [0.1, 0.15) is 27.7 Å². The van der Waals surface area contributed by atoms with Crippen molar-refractivity contribution in [3.8, 4) is 0 Å². The molecule has 0 aromatic rings. The molecule has 3 nitrogen and oxygen atoms in total. The predicted molar refractivity (Wildman–Crippen MR) is 61.5 cm³/mol. The maximum atomic E-state index is 9.26. The van der Waals surface area contributed by atoms with E-state index in [9.17, 15) is 5.11 Å². The Morgan fingerprint density at radius 2 is 1.86 bits per heavy atom. The first-order valence-electron chi connectivity index (χ1n) is 5.33. The molecule has 0 aromatic heterocycles. The highest BCUT2D eigenvalue weighted by Gasteiger charge is 2.26. The molecule has 0 aliphatic heterocycles. The lowest BCUT2D eigenvalue weighted by atomic mass is 9.85. The van der Waals surface area contributed by atoms with Crippen molar-refractivity contribution in [2.24, 2.45) is 5.41 Å². The number of nitrogens with zero attached hydrogens (tertiary/aromatic N) is 1. The molecule has 14 heavy (non-hydrogen) atoms. The zero-order chi connectivity index (χ0) is 11.4. The van der Waals surface area contributed by atoms with Crippen molar-refractivity contribution in [1.29, 1.82) is 0 Å². The number of hydrogen-bond acceptors (Lipinski definition) is 3. The molecule has 2 atom stereocenters. The minimum absolute atomic E-state index is 0.221. The van der Waals surface area contributed by atoms with Crippen LogP contribution in [-0.2, 0) is 0 Å². The van der Waals surface area contributed by atoms with Crippen LogP contribution in [0.15, 0.2) is 0 Å². The van der Waals surface area contributed by atoms with Crippen molar-refractivity contribution in [3.05, 3.63) is 0 Å². The van der Waals surface area contributed by atoms with Gasteiger partial charge in [0.05, 0.1) is 6.10 Å². The van der Waals surface area contributed by atoms with Crippen LogP contribution in [0.2, 0.25) is 0 Å². The maximum absolute atomic E-state index is 9.26. The molecule has 0 spiro atoms. The summed E-state index contributed by atoms with van der Waals surface area (Å²) in [6, 6.07) is 0.471. The van der Waals surface area contributed by atoms with Crippen molar-refractivity contribution in [3.63, 3.8) is 0 Å². The third-order valence-corrected chi connectivity index (χ3v) is 2.86. The van der Waals surface area contributed by atoms with Gasteiger partial charge in [-0.1, -0.05) is 13.8 Å². The Hall–Kier alpha value is -0.120. The molecule has 0 amide bonds. The molecule has 0 aromatic carbocycles. The Labute approximate surface area is 88.5 Å². The maximum Gasteiger partial charge on any atom is 0.0638 e. The fourth-order valence-electron chi connectivity index (χ4n) is 1.74. The summed E-state index contributed by atoms with van der Waals surface area (Å²) in [4.78, 5) is 2.18. The van der Waals surface area contributed by atoms with Crippen LogP contribution in [0.5, 0.6) is 0 Å². The van der Waals surface area contributed by atoms with E-state index in [2.05, 4.69) is 38.0 Å². The Balaban J connectivity index is 4.07. The summed E-state index contributed by atoms with van der Waals surface area (Å²) >= 11 is 0. The van der Waals surface area contributed by atoms with E-state index in [1.54, 1.807) is 0 Å². The smallest absolute Gasteiger partial charge is 0.0638 e. The highest BCUT2D eigenvalue weighted by atomic mass is 16.3. The number of rotatable bonds is 6. The molecule has 0 rings (SSSR count). The zero-order valence-corrected chi connectivity index (χ0v) is 10.5. The SMILES string of the molecule is CNC(C)C(C)(C)CN(C)CC(C)O. The summed E-state index contributed by atoms with van der Waals surface area (Å²) in [5, 5.41) is 12.5. The van der Waals surface area contributed by atoms with E-state index in [4.69, 9.17) is 0 Å². The molecular formula is C11H26N2O.